The third-order valence-corrected chi connectivity index (χ3v) is 6.85. The molecule has 1 atom stereocenters. The van der Waals surface area contributed by atoms with E-state index in [0.29, 0.717) is 29.8 Å². The van der Waals surface area contributed by atoms with Crippen LogP contribution in [0.5, 0.6) is 0 Å². The minimum Gasteiger partial charge on any atom is -0.379 e. The maximum atomic E-state index is 14.0. The molecule has 0 bridgehead atoms. The van der Waals surface area contributed by atoms with E-state index in [1.807, 2.05) is 6.07 Å². The zero-order valence-corrected chi connectivity index (χ0v) is 20.2. The molecule has 5 rings (SSSR count). The second-order valence-corrected chi connectivity index (χ2v) is 9.87. The Morgan fingerprint density at radius 3 is 2.53 bits per heavy atom. The van der Waals surface area contributed by atoms with Gasteiger partial charge in [-0.2, -0.15) is 0 Å². The molecule has 0 radical (unpaired) electrons. The lowest BCUT2D eigenvalue weighted by molar-refractivity contribution is -0.121. The van der Waals surface area contributed by atoms with Crippen LogP contribution < -0.4 is 21.7 Å². The van der Waals surface area contributed by atoms with E-state index in [-0.39, 0.29) is 23.2 Å². The van der Waals surface area contributed by atoms with Crippen LogP contribution in [0.1, 0.15) is 62.4 Å². The van der Waals surface area contributed by atoms with Crippen LogP contribution in [-0.2, 0) is 4.79 Å². The average Bonchev–Trinajstić information content (AvgIpc) is 3.57. The molecule has 0 aliphatic heterocycles. The number of aromatic nitrogens is 4. The molecule has 0 aromatic carbocycles. The van der Waals surface area contributed by atoms with Crippen molar-refractivity contribution < 1.29 is 14.0 Å². The fraction of sp³-hybridized carbons (Fsp3) is 0.480. The number of rotatable bonds is 9. The maximum Gasteiger partial charge on any atom is 0.276 e. The van der Waals surface area contributed by atoms with Crippen LogP contribution in [0, 0.1) is 11.7 Å². The lowest BCUT2D eigenvalue weighted by Crippen LogP contribution is -2.32. The van der Waals surface area contributed by atoms with Crippen LogP contribution in [-0.4, -0.2) is 49.4 Å². The summed E-state index contributed by atoms with van der Waals surface area (Å²) in [6.07, 6.45) is 10.3. The van der Waals surface area contributed by atoms with Gasteiger partial charge in [0.2, 0.25) is 0 Å². The third kappa shape index (κ3) is 5.46. The van der Waals surface area contributed by atoms with E-state index in [1.54, 1.807) is 6.92 Å². The number of imidazole rings is 1. The van der Waals surface area contributed by atoms with E-state index in [1.165, 1.54) is 23.0 Å². The van der Waals surface area contributed by atoms with Crippen molar-refractivity contribution in [2.75, 3.05) is 16.0 Å². The topological polar surface area (TPSA) is 139 Å². The number of amides is 1. The fourth-order valence-corrected chi connectivity index (χ4v) is 4.60. The second kappa shape index (κ2) is 10.2. The number of fused-ring (bicyclic) bond motifs is 1. The number of nitrogens with zero attached hydrogens (tertiary/aromatic N) is 4. The lowest BCUT2D eigenvalue weighted by Gasteiger charge is -2.29. The Balaban J connectivity index is 1.34. The van der Waals surface area contributed by atoms with E-state index in [4.69, 9.17) is 5.73 Å². The first kappa shape index (κ1) is 24.1. The van der Waals surface area contributed by atoms with Gasteiger partial charge in [-0.05, 0) is 57.4 Å². The van der Waals surface area contributed by atoms with E-state index in [9.17, 15) is 14.0 Å². The molecule has 2 fully saturated rings. The van der Waals surface area contributed by atoms with Crippen molar-refractivity contribution in [2.24, 2.45) is 11.7 Å². The number of nitrogens with two attached hydrogens (primary N) is 1. The number of Topliss-reactive ketones (excluding diaryl/α,β-unsaturated/α-hetero) is 1. The van der Waals surface area contributed by atoms with Crippen molar-refractivity contribution in [3.8, 4) is 0 Å². The third-order valence-electron chi connectivity index (χ3n) is 6.85. The van der Waals surface area contributed by atoms with Crippen LogP contribution in [0.3, 0.4) is 0 Å². The first-order valence-corrected chi connectivity index (χ1v) is 12.5. The molecule has 3 heterocycles. The van der Waals surface area contributed by atoms with Gasteiger partial charge in [-0.15, -0.1) is 5.10 Å². The number of carbonyl (C=O) groups is 2. The Morgan fingerprint density at radius 2 is 1.83 bits per heavy atom. The van der Waals surface area contributed by atoms with Gasteiger partial charge in [0.1, 0.15) is 11.6 Å². The molecule has 3 aromatic rings. The van der Waals surface area contributed by atoms with Gasteiger partial charge < -0.3 is 21.7 Å². The van der Waals surface area contributed by atoms with Crippen molar-refractivity contribution >= 4 is 34.5 Å². The van der Waals surface area contributed by atoms with Gasteiger partial charge in [-0.1, -0.05) is 0 Å². The zero-order valence-electron chi connectivity index (χ0n) is 20.2. The summed E-state index contributed by atoms with van der Waals surface area (Å²) in [5.74, 6) is -0.0328. The van der Waals surface area contributed by atoms with Crippen LogP contribution in [0.15, 0.2) is 30.7 Å². The van der Waals surface area contributed by atoms with Crippen LogP contribution >= 0.6 is 0 Å². The Kier molecular flexibility index (Phi) is 6.82. The highest BCUT2D eigenvalue weighted by atomic mass is 19.1. The molecule has 0 unspecified atom stereocenters. The molecule has 1 amide bonds. The highest BCUT2D eigenvalue weighted by Gasteiger charge is 2.27. The van der Waals surface area contributed by atoms with Crippen molar-refractivity contribution in [1.82, 2.24) is 19.6 Å². The van der Waals surface area contributed by atoms with Crippen molar-refractivity contribution in [1.29, 1.82) is 0 Å². The van der Waals surface area contributed by atoms with Gasteiger partial charge in [0.05, 0.1) is 29.8 Å². The quantitative estimate of drug-likeness (QED) is 0.355. The number of pyridine rings is 1. The summed E-state index contributed by atoms with van der Waals surface area (Å²) in [5.41, 5.74) is 7.28. The molecule has 2 aliphatic carbocycles. The average molecular weight is 495 g/mol. The highest BCUT2D eigenvalue weighted by Crippen LogP contribution is 2.31. The van der Waals surface area contributed by atoms with Crippen LogP contribution in [0.4, 0.5) is 21.6 Å². The maximum absolute atomic E-state index is 14.0. The number of halogens is 1. The summed E-state index contributed by atoms with van der Waals surface area (Å²) in [6.45, 7) is 1.74. The van der Waals surface area contributed by atoms with Gasteiger partial charge in [-0.3, -0.25) is 14.6 Å². The SMILES string of the molecule is C[C@@H](N)C(=O)CC1CCC(Nc2cc(NC3CC3)c3ncc(C(=O)Nc4ccncc4F)n3n2)CC1. The summed E-state index contributed by atoms with van der Waals surface area (Å²) < 4.78 is 15.5. The smallest absolute Gasteiger partial charge is 0.276 e. The van der Waals surface area contributed by atoms with E-state index in [0.717, 1.165) is 50.4 Å². The summed E-state index contributed by atoms with van der Waals surface area (Å²) in [5, 5.41) is 14.2. The Hall–Kier alpha value is -3.60. The minimum absolute atomic E-state index is 0.0369. The lowest BCUT2D eigenvalue weighted by atomic mass is 9.82. The molecule has 10 nitrogen and oxygen atoms in total. The van der Waals surface area contributed by atoms with Gasteiger partial charge in [0.25, 0.3) is 5.91 Å². The zero-order chi connectivity index (χ0) is 25.2. The largest absolute Gasteiger partial charge is 0.379 e. The van der Waals surface area contributed by atoms with Gasteiger partial charge in [0.15, 0.2) is 17.2 Å². The molecule has 36 heavy (non-hydrogen) atoms. The second-order valence-electron chi connectivity index (χ2n) is 9.87. The summed E-state index contributed by atoms with van der Waals surface area (Å²) >= 11 is 0. The number of nitrogens with one attached hydrogen (secondary N) is 3. The molecule has 0 saturated heterocycles. The minimum atomic E-state index is -0.621. The number of ketones is 1. The molecular formula is C25H31FN8O2. The molecule has 11 heteroatoms. The van der Waals surface area contributed by atoms with E-state index < -0.39 is 17.8 Å². The number of hydrogen-bond donors (Lipinski definition) is 4. The molecule has 0 spiro atoms. The van der Waals surface area contributed by atoms with Gasteiger partial charge in [-0.25, -0.2) is 13.9 Å². The summed E-state index contributed by atoms with van der Waals surface area (Å²) in [7, 11) is 0. The Labute approximate surface area is 208 Å². The monoisotopic (exact) mass is 494 g/mol. The van der Waals surface area contributed by atoms with Crippen molar-refractivity contribution in [3.05, 3.63) is 42.2 Å². The molecule has 5 N–H and O–H groups in total. The number of hydrogen-bond acceptors (Lipinski definition) is 8. The molecule has 3 aromatic heterocycles. The Morgan fingerprint density at radius 1 is 1.11 bits per heavy atom. The Bertz CT molecular complexity index is 1260. The first-order chi connectivity index (χ1) is 17.4. The molecule has 190 valence electrons. The highest BCUT2D eigenvalue weighted by molar-refractivity contribution is 6.03. The summed E-state index contributed by atoms with van der Waals surface area (Å²) in [6, 6.07) is 3.50. The predicted octanol–water partition coefficient (Wildman–Crippen LogP) is 3.37. The van der Waals surface area contributed by atoms with Gasteiger partial charge >= 0.3 is 0 Å². The van der Waals surface area contributed by atoms with Gasteiger partial charge in [0, 0.05) is 30.8 Å². The van der Waals surface area contributed by atoms with Crippen LogP contribution in [0.2, 0.25) is 0 Å². The predicted molar refractivity (Wildman–Crippen MR) is 134 cm³/mol. The van der Waals surface area contributed by atoms with E-state index in [2.05, 4.69) is 31.0 Å². The standard InChI is InChI=1S/C25H31FN8O2/c1-14(27)22(35)10-15-2-4-17(5-3-15)31-23-11-20(30-16-6-7-16)24-29-13-21(34(24)33-23)25(36)32-19-8-9-28-12-18(19)26/h8-9,11-17,30H,2-7,10,27H2,1H3,(H,31,33)(H,28,32,36)/t14-,15?,17?/m1/s1. The van der Waals surface area contributed by atoms with E-state index >= 15 is 0 Å². The molecule has 2 saturated carbocycles. The fourth-order valence-electron chi connectivity index (χ4n) is 4.60. The summed E-state index contributed by atoms with van der Waals surface area (Å²) in [4.78, 5) is 33.1. The molecular weight excluding hydrogens is 463 g/mol. The normalized spacial score (nSPS) is 20.6. The number of anilines is 3. The number of carbonyl (C=O) groups excluding carboxylic acids is 2. The molecule has 2 aliphatic rings. The van der Waals surface area contributed by atoms with Crippen LogP contribution in [0.25, 0.3) is 5.65 Å². The van der Waals surface area contributed by atoms with Crippen molar-refractivity contribution in [2.45, 2.75) is 70.0 Å². The first-order valence-electron chi connectivity index (χ1n) is 12.5. The van der Waals surface area contributed by atoms with Crippen molar-refractivity contribution in [3.63, 3.8) is 0 Å².